The summed E-state index contributed by atoms with van der Waals surface area (Å²) in [5.74, 6) is -1.11. The Morgan fingerprint density at radius 1 is 1.06 bits per heavy atom. The van der Waals surface area contributed by atoms with Gasteiger partial charge in [-0.1, -0.05) is 38.0 Å². The van der Waals surface area contributed by atoms with E-state index in [4.69, 9.17) is 14.2 Å². The molecule has 1 aliphatic rings. The smallest absolute Gasteiger partial charge is 0.410 e. The minimum Gasteiger partial charge on any atom is -0.490 e. The van der Waals surface area contributed by atoms with E-state index in [0.717, 1.165) is 0 Å². The van der Waals surface area contributed by atoms with Crippen LogP contribution < -0.4 is 10.1 Å². The quantitative estimate of drug-likeness (QED) is 0.264. The molecule has 2 atom stereocenters. The van der Waals surface area contributed by atoms with Gasteiger partial charge < -0.3 is 19.5 Å². The van der Waals surface area contributed by atoms with E-state index in [1.54, 1.807) is 12.1 Å². The van der Waals surface area contributed by atoms with Crippen molar-refractivity contribution < 1.29 is 33.4 Å². The predicted octanol–water partition coefficient (Wildman–Crippen LogP) is 3.39. The molecule has 0 aromatic heterocycles. The molecule has 34 heavy (non-hydrogen) atoms. The summed E-state index contributed by atoms with van der Waals surface area (Å²) in [5.41, 5.74) is 0.246. The Bertz CT molecular complexity index is 963. The van der Waals surface area contributed by atoms with Crippen molar-refractivity contribution in [3.63, 3.8) is 0 Å². The summed E-state index contributed by atoms with van der Waals surface area (Å²) < 4.78 is 15.7. The number of nitrogens with one attached hydrogen (secondary N) is 1. The molecular weight excluding hydrogens is 460 g/mol. The molecule has 1 heterocycles. The highest BCUT2D eigenvalue weighted by Gasteiger charge is 2.41. The molecule has 1 fully saturated rings. The fraction of sp³-hybridized carbons (Fsp3) is 0.333. The summed E-state index contributed by atoms with van der Waals surface area (Å²) >= 11 is 3.81. The van der Waals surface area contributed by atoms with Crippen molar-refractivity contribution in [2.24, 2.45) is 5.92 Å². The molecule has 0 aliphatic carbocycles. The van der Waals surface area contributed by atoms with Gasteiger partial charge >= 0.3 is 12.1 Å². The van der Waals surface area contributed by atoms with Crippen molar-refractivity contribution in [1.82, 2.24) is 4.90 Å². The molecule has 2 amide bonds. The molecular formula is C24H28N2O7S. The predicted molar refractivity (Wildman–Crippen MR) is 130 cm³/mol. The average molecular weight is 489 g/mol. The van der Waals surface area contributed by atoms with E-state index in [9.17, 15) is 19.2 Å². The van der Waals surface area contributed by atoms with Gasteiger partial charge in [0.25, 0.3) is 0 Å². The summed E-state index contributed by atoms with van der Waals surface area (Å²) in [5, 5.41) is 2.35. The lowest BCUT2D eigenvalue weighted by Gasteiger charge is -2.23. The molecule has 2 rings (SSSR count). The number of esters is 1. The molecule has 1 N–H and O–H groups in total. The van der Waals surface area contributed by atoms with Crippen LogP contribution in [0.5, 0.6) is 5.75 Å². The zero-order valence-electron chi connectivity index (χ0n) is 18.7. The van der Waals surface area contributed by atoms with Crippen molar-refractivity contribution in [1.29, 1.82) is 0 Å². The van der Waals surface area contributed by atoms with E-state index in [1.165, 1.54) is 29.2 Å². The maximum atomic E-state index is 13.2. The number of carbonyl (C=O) groups excluding carboxylic acids is 4. The number of ether oxygens (including phenoxy) is 3. The third-order valence-corrected chi connectivity index (χ3v) is 5.06. The normalized spacial score (nSPS) is 16.8. The SMILES string of the molecule is C=CCOC(=O)c1cc(OCC=C)ccc1NC(=O)[C@@H]1C[C@@H](CC(=O)S)CN1C(=O)OCC=C. The minimum atomic E-state index is -0.913. The van der Waals surface area contributed by atoms with Crippen LogP contribution in [0.4, 0.5) is 10.5 Å². The standard InChI is InChI=1S/C24H28N2O7S/c1-4-9-31-17-7-8-19(18(14-17)23(29)32-10-5-2)25-22(28)20-12-16(13-21(27)34)15-26(20)24(30)33-11-6-3/h4-8,14,16,20H,1-3,9-13,15H2,(H,25,28)(H,27,34)/t16-,20-/m0/s1. The summed E-state index contributed by atoms with van der Waals surface area (Å²) in [7, 11) is 0. The second kappa shape index (κ2) is 13.2. The van der Waals surface area contributed by atoms with Gasteiger partial charge in [0.2, 0.25) is 5.91 Å². The van der Waals surface area contributed by atoms with Crippen LogP contribution in [0, 0.1) is 5.92 Å². The lowest BCUT2D eigenvalue weighted by molar-refractivity contribution is -0.120. The first kappa shape index (κ1) is 26.7. The maximum Gasteiger partial charge on any atom is 0.410 e. The molecule has 0 radical (unpaired) electrons. The van der Waals surface area contributed by atoms with Crippen molar-refractivity contribution in [3.05, 3.63) is 61.7 Å². The summed E-state index contributed by atoms with van der Waals surface area (Å²) in [4.78, 5) is 51.0. The maximum absolute atomic E-state index is 13.2. The third kappa shape index (κ3) is 7.51. The molecule has 10 heteroatoms. The molecule has 9 nitrogen and oxygen atoms in total. The summed E-state index contributed by atoms with van der Waals surface area (Å²) in [6.07, 6.45) is 4.02. The Hall–Kier alpha value is -3.53. The number of hydrogen-bond acceptors (Lipinski definition) is 7. The number of nitrogens with zero attached hydrogens (tertiary/aromatic N) is 1. The number of likely N-dealkylation sites (tertiary alicyclic amines) is 1. The monoisotopic (exact) mass is 488 g/mol. The second-order valence-electron chi connectivity index (χ2n) is 7.42. The van der Waals surface area contributed by atoms with Crippen LogP contribution in [0.25, 0.3) is 0 Å². The topological polar surface area (TPSA) is 111 Å². The van der Waals surface area contributed by atoms with Crippen molar-refractivity contribution in [3.8, 4) is 5.75 Å². The molecule has 0 spiro atoms. The fourth-order valence-electron chi connectivity index (χ4n) is 3.46. The number of benzene rings is 1. The van der Waals surface area contributed by atoms with Crippen LogP contribution in [0.2, 0.25) is 0 Å². The minimum absolute atomic E-state index is 0.0189. The Morgan fingerprint density at radius 2 is 1.74 bits per heavy atom. The number of anilines is 1. The fourth-order valence-corrected chi connectivity index (χ4v) is 3.71. The molecule has 0 saturated carbocycles. The summed E-state index contributed by atoms with van der Waals surface area (Å²) in [6.45, 7) is 10.9. The first-order chi connectivity index (χ1) is 16.3. The highest BCUT2D eigenvalue weighted by Crippen LogP contribution is 2.30. The van der Waals surface area contributed by atoms with Crippen LogP contribution >= 0.6 is 12.6 Å². The van der Waals surface area contributed by atoms with E-state index in [1.807, 2.05) is 0 Å². The zero-order valence-corrected chi connectivity index (χ0v) is 19.6. The van der Waals surface area contributed by atoms with Gasteiger partial charge in [-0.25, -0.2) is 9.59 Å². The van der Waals surface area contributed by atoms with Crippen LogP contribution in [0.3, 0.4) is 0 Å². The van der Waals surface area contributed by atoms with Gasteiger partial charge in [0.15, 0.2) is 5.12 Å². The Kier molecular flexibility index (Phi) is 10.4. The van der Waals surface area contributed by atoms with Gasteiger partial charge in [0, 0.05) is 13.0 Å². The average Bonchev–Trinajstić information content (AvgIpc) is 3.23. The Morgan fingerprint density at radius 3 is 2.38 bits per heavy atom. The van der Waals surface area contributed by atoms with Gasteiger partial charge in [-0.15, -0.1) is 12.6 Å². The van der Waals surface area contributed by atoms with Gasteiger partial charge in [0.05, 0.1) is 11.3 Å². The number of rotatable bonds is 12. The van der Waals surface area contributed by atoms with Crippen LogP contribution in [-0.4, -0.2) is 60.4 Å². The number of thiol groups is 1. The lowest BCUT2D eigenvalue weighted by Crippen LogP contribution is -2.43. The lowest BCUT2D eigenvalue weighted by atomic mass is 10.0. The highest BCUT2D eigenvalue weighted by atomic mass is 32.1. The van der Waals surface area contributed by atoms with Crippen molar-refractivity contribution in [2.75, 3.05) is 31.7 Å². The van der Waals surface area contributed by atoms with Gasteiger partial charge in [-0.05, 0) is 30.5 Å². The molecule has 1 aromatic rings. The van der Waals surface area contributed by atoms with Gasteiger partial charge in [0.1, 0.15) is 31.6 Å². The Labute approximate surface area is 203 Å². The zero-order chi connectivity index (χ0) is 25.1. The molecule has 182 valence electrons. The number of carbonyl (C=O) groups is 4. The summed E-state index contributed by atoms with van der Waals surface area (Å²) in [6, 6.07) is 3.61. The van der Waals surface area contributed by atoms with E-state index >= 15 is 0 Å². The first-order valence-corrected chi connectivity index (χ1v) is 11.0. The first-order valence-electron chi connectivity index (χ1n) is 10.5. The van der Waals surface area contributed by atoms with Gasteiger partial charge in [-0.3, -0.25) is 14.5 Å². The van der Waals surface area contributed by atoms with Gasteiger partial charge in [-0.2, -0.15) is 0 Å². The van der Waals surface area contributed by atoms with Crippen LogP contribution in [-0.2, 0) is 19.1 Å². The molecule has 1 aromatic carbocycles. The number of hydrogen-bond donors (Lipinski definition) is 2. The van der Waals surface area contributed by atoms with Crippen LogP contribution in [0.15, 0.2) is 56.2 Å². The third-order valence-electron chi connectivity index (χ3n) is 4.88. The number of amides is 2. The molecule has 1 saturated heterocycles. The van der Waals surface area contributed by atoms with E-state index in [2.05, 4.69) is 37.7 Å². The highest BCUT2D eigenvalue weighted by molar-refractivity contribution is 7.96. The molecule has 1 aliphatic heterocycles. The van der Waals surface area contributed by atoms with Crippen molar-refractivity contribution in [2.45, 2.75) is 18.9 Å². The van der Waals surface area contributed by atoms with Crippen LogP contribution in [0.1, 0.15) is 23.2 Å². The van der Waals surface area contributed by atoms with E-state index < -0.39 is 24.0 Å². The largest absolute Gasteiger partial charge is 0.490 e. The second-order valence-corrected chi connectivity index (χ2v) is 7.92. The van der Waals surface area contributed by atoms with E-state index in [0.29, 0.717) is 5.75 Å². The Balaban J connectivity index is 2.28. The molecule has 0 bridgehead atoms. The molecule has 0 unspecified atom stereocenters. The van der Waals surface area contributed by atoms with E-state index in [-0.39, 0.29) is 61.5 Å². The van der Waals surface area contributed by atoms with Crippen molar-refractivity contribution >= 4 is 41.4 Å².